The molecule has 0 bridgehead atoms. The van der Waals surface area contributed by atoms with Crippen LogP contribution in [0, 0.1) is 5.92 Å². The van der Waals surface area contributed by atoms with Gasteiger partial charge in [-0.15, -0.1) is 11.8 Å². The molecule has 2 fully saturated rings. The van der Waals surface area contributed by atoms with Crippen molar-refractivity contribution in [3.8, 4) is 0 Å². The number of likely N-dealkylation sites (tertiary alicyclic amines) is 1. The number of aliphatic hydroxyl groups excluding tert-OH is 1. The summed E-state index contributed by atoms with van der Waals surface area (Å²) in [6, 6.07) is 0. The molecule has 7 nitrogen and oxygen atoms in total. The molecule has 1 amide bonds. The molecule has 4 rings (SSSR count). The molecule has 4 heterocycles. The van der Waals surface area contributed by atoms with Gasteiger partial charge in [-0.05, 0) is 6.92 Å². The van der Waals surface area contributed by atoms with Crippen LogP contribution < -0.4 is 0 Å². The van der Waals surface area contributed by atoms with Crippen LogP contribution in [0.25, 0.3) is 0 Å². The average Bonchev–Trinajstić information content (AvgIpc) is 2.85. The van der Waals surface area contributed by atoms with E-state index in [0.29, 0.717) is 9.49 Å². The second-order valence-electron chi connectivity index (χ2n) is 6.42. The zero-order valence-corrected chi connectivity index (χ0v) is 16.1. The summed E-state index contributed by atoms with van der Waals surface area (Å²) in [5.41, 5.74) is 0.0888. The molecule has 2 saturated heterocycles. The minimum absolute atomic E-state index is 0.0888. The highest BCUT2D eigenvalue weighted by Crippen LogP contribution is 2.55. The van der Waals surface area contributed by atoms with Gasteiger partial charge in [-0.1, -0.05) is 11.8 Å². The average molecular weight is 402 g/mol. The Morgan fingerprint density at radius 2 is 2.20 bits per heavy atom. The molecule has 4 aliphatic rings. The molecule has 0 aromatic heterocycles. The van der Waals surface area contributed by atoms with Crippen molar-refractivity contribution in [1.29, 1.82) is 0 Å². The first kappa shape index (κ1) is 17.6. The number of nitrogens with zero attached hydrogens (tertiary/aromatic N) is 3. The number of amides is 1. The predicted octanol–water partition coefficient (Wildman–Crippen LogP) is 0.715. The first-order chi connectivity index (χ1) is 12.0. The van der Waals surface area contributed by atoms with E-state index >= 15 is 0 Å². The Bertz CT molecular complexity index is 675. The molecule has 0 aromatic carbocycles. The molecule has 0 unspecified atom stereocenters. The predicted molar refractivity (Wildman–Crippen MR) is 101 cm³/mol. The molecule has 0 spiro atoms. The highest BCUT2D eigenvalue weighted by atomic mass is 32.2. The van der Waals surface area contributed by atoms with E-state index in [4.69, 9.17) is 0 Å². The molecule has 0 aliphatic carbocycles. The quantitative estimate of drug-likeness (QED) is 0.666. The van der Waals surface area contributed by atoms with Crippen LogP contribution in [-0.4, -0.2) is 85.6 Å². The number of aliphatic hydroxyl groups is 1. The number of carboxylic acids is 1. The van der Waals surface area contributed by atoms with Crippen LogP contribution >= 0.6 is 35.3 Å². The van der Waals surface area contributed by atoms with Gasteiger partial charge in [0, 0.05) is 24.1 Å². The Kier molecular flexibility index (Phi) is 4.72. The normalized spacial score (nSPS) is 30.6. The lowest BCUT2D eigenvalue weighted by Gasteiger charge is -2.43. The minimum atomic E-state index is -1.07. The van der Waals surface area contributed by atoms with Gasteiger partial charge in [-0.25, -0.2) is 4.79 Å². The zero-order chi connectivity index (χ0) is 17.7. The van der Waals surface area contributed by atoms with E-state index in [1.165, 1.54) is 16.7 Å². The molecule has 0 aromatic rings. The number of carbonyl (C=O) groups is 2. The molecule has 25 heavy (non-hydrogen) atoms. The van der Waals surface area contributed by atoms with Gasteiger partial charge in [0.05, 0.1) is 28.6 Å². The summed E-state index contributed by atoms with van der Waals surface area (Å²) in [4.78, 5) is 32.0. The van der Waals surface area contributed by atoms with Gasteiger partial charge >= 0.3 is 5.97 Å². The number of fused-ring (bicyclic) bond motifs is 1. The van der Waals surface area contributed by atoms with E-state index in [0.717, 1.165) is 37.0 Å². The monoisotopic (exact) mass is 401 g/mol. The largest absolute Gasteiger partial charge is 0.477 e. The Morgan fingerprint density at radius 3 is 2.80 bits per heavy atom. The van der Waals surface area contributed by atoms with Crippen molar-refractivity contribution in [2.75, 3.05) is 31.1 Å². The molecule has 10 heteroatoms. The lowest BCUT2D eigenvalue weighted by Crippen LogP contribution is -2.60. The molecule has 4 aliphatic heterocycles. The number of carbonyl (C=O) groups excluding carboxylic acids is 1. The number of aliphatic imine (C=N–C) groups is 1. The third-order valence-corrected chi connectivity index (χ3v) is 8.42. The summed E-state index contributed by atoms with van der Waals surface area (Å²) in [6.07, 6.45) is -0.762. The van der Waals surface area contributed by atoms with Crippen molar-refractivity contribution in [3.05, 3.63) is 9.93 Å². The number of hydrogen-bond donors (Lipinski definition) is 2. The highest BCUT2D eigenvalue weighted by Gasteiger charge is 2.58. The van der Waals surface area contributed by atoms with E-state index in [9.17, 15) is 19.8 Å². The fourth-order valence-corrected chi connectivity index (χ4v) is 7.52. The number of hydrogen-bond acceptors (Lipinski definition) is 8. The van der Waals surface area contributed by atoms with Crippen molar-refractivity contribution in [3.63, 3.8) is 0 Å². The Morgan fingerprint density at radius 1 is 1.44 bits per heavy atom. The molecular formula is C15H19N3O4S3. The van der Waals surface area contributed by atoms with Crippen LogP contribution in [0.2, 0.25) is 0 Å². The van der Waals surface area contributed by atoms with Crippen molar-refractivity contribution in [2.45, 2.75) is 23.7 Å². The number of thioether (sulfide) groups is 3. The maximum atomic E-state index is 12.2. The zero-order valence-electron chi connectivity index (χ0n) is 13.6. The molecule has 0 saturated carbocycles. The molecule has 136 valence electrons. The van der Waals surface area contributed by atoms with Crippen LogP contribution in [0.1, 0.15) is 6.92 Å². The number of rotatable bonds is 4. The number of aliphatic carboxylic acids is 1. The molecular weight excluding hydrogens is 382 g/mol. The summed E-state index contributed by atoms with van der Waals surface area (Å²) in [7, 11) is 0. The van der Waals surface area contributed by atoms with Gasteiger partial charge < -0.3 is 15.1 Å². The van der Waals surface area contributed by atoms with Crippen LogP contribution in [-0.2, 0) is 9.59 Å². The smallest absolute Gasteiger partial charge is 0.354 e. The van der Waals surface area contributed by atoms with E-state index < -0.39 is 18.0 Å². The fraction of sp³-hybridized carbons (Fsp3) is 0.667. The topological polar surface area (TPSA) is 93.4 Å². The minimum Gasteiger partial charge on any atom is -0.477 e. The van der Waals surface area contributed by atoms with Crippen LogP contribution in [0.5, 0.6) is 0 Å². The van der Waals surface area contributed by atoms with E-state index in [1.54, 1.807) is 18.7 Å². The van der Waals surface area contributed by atoms with Crippen molar-refractivity contribution in [1.82, 2.24) is 9.80 Å². The highest BCUT2D eigenvalue weighted by molar-refractivity contribution is 8.23. The molecule has 0 radical (unpaired) electrons. The number of carboxylic acid groups (broad SMARTS) is 1. The molecule has 3 atom stereocenters. The third-order valence-electron chi connectivity index (χ3n) is 4.72. The van der Waals surface area contributed by atoms with E-state index in [2.05, 4.69) is 9.89 Å². The first-order valence-electron chi connectivity index (χ1n) is 8.15. The maximum absolute atomic E-state index is 12.2. The van der Waals surface area contributed by atoms with E-state index in [-0.39, 0.29) is 17.0 Å². The summed E-state index contributed by atoms with van der Waals surface area (Å²) < 4.78 is 0.693. The Hall–Kier alpha value is -0.840. The van der Waals surface area contributed by atoms with Gasteiger partial charge in [0.15, 0.2) is 5.70 Å². The second kappa shape index (κ2) is 6.71. The second-order valence-corrected chi connectivity index (χ2v) is 10.2. The van der Waals surface area contributed by atoms with Crippen molar-refractivity contribution in [2.24, 2.45) is 10.9 Å². The lowest BCUT2D eigenvalue weighted by atomic mass is 9.92. The fourth-order valence-electron chi connectivity index (χ4n) is 3.35. The van der Waals surface area contributed by atoms with Crippen molar-refractivity contribution < 1.29 is 19.8 Å². The SMILES string of the molecule is C[C@@H](O)[C@H]1C(=O)N2C(C(=O)O)=C(SC3CN(C4=NCCSC4)C3)S[C@H]12. The summed E-state index contributed by atoms with van der Waals surface area (Å²) >= 11 is 4.84. The summed E-state index contributed by atoms with van der Waals surface area (Å²) in [5, 5.41) is 19.3. The summed E-state index contributed by atoms with van der Waals surface area (Å²) in [6.45, 7) is 4.18. The van der Waals surface area contributed by atoms with Gasteiger partial charge in [-0.2, -0.15) is 11.8 Å². The van der Waals surface area contributed by atoms with Gasteiger partial charge in [0.25, 0.3) is 0 Å². The Balaban J connectivity index is 1.42. The maximum Gasteiger partial charge on any atom is 0.354 e. The van der Waals surface area contributed by atoms with Gasteiger partial charge in [0.2, 0.25) is 5.91 Å². The van der Waals surface area contributed by atoms with Crippen LogP contribution in [0.15, 0.2) is 14.9 Å². The van der Waals surface area contributed by atoms with Crippen LogP contribution in [0.3, 0.4) is 0 Å². The number of amidine groups is 1. The third kappa shape index (κ3) is 2.96. The molecule has 2 N–H and O–H groups in total. The van der Waals surface area contributed by atoms with E-state index in [1.807, 2.05) is 11.8 Å². The lowest BCUT2D eigenvalue weighted by molar-refractivity contribution is -0.156. The number of β-lactam (4-membered cyclic amide) rings is 1. The van der Waals surface area contributed by atoms with Gasteiger partial charge in [0.1, 0.15) is 11.2 Å². The summed E-state index contributed by atoms with van der Waals surface area (Å²) in [5.74, 6) is 1.31. The first-order valence-corrected chi connectivity index (χ1v) is 11.1. The van der Waals surface area contributed by atoms with Gasteiger partial charge in [-0.3, -0.25) is 14.7 Å². The Labute approximate surface area is 158 Å². The standard InChI is InChI=1S/C15H19N3O4S3/c1-7(19)10-12(20)18-11(14(21)22)15(25-13(10)18)24-8-4-17(5-8)9-6-23-3-2-16-9/h7-8,10,13,19H,2-6H2,1H3,(H,21,22)/t7-,10+,13-/m1/s1. The van der Waals surface area contributed by atoms with Crippen LogP contribution in [0.4, 0.5) is 0 Å². The van der Waals surface area contributed by atoms with Crippen molar-refractivity contribution >= 4 is 53.0 Å².